The summed E-state index contributed by atoms with van der Waals surface area (Å²) in [4.78, 5) is 13.1. The van der Waals surface area contributed by atoms with Gasteiger partial charge in [-0.25, -0.2) is 0 Å². The molecule has 1 heterocycles. The molecular formula is C28H31N5O2S. The second-order valence-electron chi connectivity index (χ2n) is 8.67. The first-order valence-corrected chi connectivity index (χ1v) is 12.7. The molecule has 1 aromatic heterocycles. The van der Waals surface area contributed by atoms with Crippen LogP contribution in [-0.2, 0) is 11.3 Å². The Labute approximate surface area is 216 Å². The van der Waals surface area contributed by atoms with Crippen LogP contribution in [0.5, 0.6) is 5.75 Å². The Kier molecular flexibility index (Phi) is 7.95. The van der Waals surface area contributed by atoms with Gasteiger partial charge in [0.25, 0.3) is 0 Å². The zero-order valence-electron chi connectivity index (χ0n) is 21.2. The quantitative estimate of drug-likeness (QED) is 0.277. The molecule has 0 saturated carbocycles. The van der Waals surface area contributed by atoms with Crippen LogP contribution in [0.1, 0.15) is 29.4 Å². The monoisotopic (exact) mass is 501 g/mol. The number of methoxy groups -OCH3 is 1. The van der Waals surface area contributed by atoms with Gasteiger partial charge in [-0.15, -0.1) is 10.2 Å². The Morgan fingerprint density at radius 3 is 2.28 bits per heavy atom. The van der Waals surface area contributed by atoms with Crippen LogP contribution in [0.4, 0.5) is 11.4 Å². The van der Waals surface area contributed by atoms with E-state index in [1.807, 2.05) is 79.9 Å². The fraction of sp³-hybridized carbons (Fsp3) is 0.250. The van der Waals surface area contributed by atoms with E-state index in [9.17, 15) is 4.79 Å². The van der Waals surface area contributed by atoms with Gasteiger partial charge in [0.2, 0.25) is 5.91 Å². The van der Waals surface area contributed by atoms with Crippen molar-refractivity contribution in [2.45, 2.75) is 44.6 Å². The van der Waals surface area contributed by atoms with Gasteiger partial charge in [-0.1, -0.05) is 47.7 Å². The Morgan fingerprint density at radius 1 is 0.972 bits per heavy atom. The number of anilines is 2. The summed E-state index contributed by atoms with van der Waals surface area (Å²) >= 11 is 1.39. The maximum atomic E-state index is 13.1. The highest BCUT2D eigenvalue weighted by Gasteiger charge is 2.22. The van der Waals surface area contributed by atoms with Crippen LogP contribution in [-0.4, -0.2) is 33.0 Å². The molecule has 0 aliphatic carbocycles. The van der Waals surface area contributed by atoms with E-state index in [0.717, 1.165) is 39.8 Å². The van der Waals surface area contributed by atoms with Crippen molar-refractivity contribution in [3.8, 4) is 11.4 Å². The molecule has 0 spiro atoms. The van der Waals surface area contributed by atoms with E-state index in [2.05, 4.69) is 39.9 Å². The van der Waals surface area contributed by atoms with Gasteiger partial charge >= 0.3 is 0 Å². The number of ether oxygens (including phenoxy) is 1. The lowest BCUT2D eigenvalue weighted by atomic mass is 10.1. The summed E-state index contributed by atoms with van der Waals surface area (Å²) in [6.07, 6.45) is 0. The van der Waals surface area contributed by atoms with Crippen LogP contribution < -0.4 is 15.4 Å². The van der Waals surface area contributed by atoms with Gasteiger partial charge in [-0.3, -0.25) is 9.36 Å². The largest absolute Gasteiger partial charge is 0.497 e. The molecule has 1 amide bonds. The van der Waals surface area contributed by atoms with Crippen LogP contribution in [0.3, 0.4) is 0 Å². The molecule has 4 rings (SSSR count). The fourth-order valence-electron chi connectivity index (χ4n) is 3.78. The molecular weight excluding hydrogens is 470 g/mol. The van der Waals surface area contributed by atoms with Crippen molar-refractivity contribution in [2.24, 2.45) is 0 Å². The second-order valence-corrected chi connectivity index (χ2v) is 9.98. The van der Waals surface area contributed by atoms with Gasteiger partial charge in [-0.05, 0) is 75.2 Å². The summed E-state index contributed by atoms with van der Waals surface area (Å²) in [7, 11) is 1.65. The SMILES string of the molecule is COc1ccc(NCc2nnc(S[C@@H](C)C(=O)Nc3c(C)cccc3C)n2-c2ccc(C)cc2)cc1. The molecule has 7 nitrogen and oxygen atoms in total. The number of rotatable bonds is 9. The lowest BCUT2D eigenvalue weighted by molar-refractivity contribution is -0.115. The number of aromatic nitrogens is 3. The van der Waals surface area contributed by atoms with Crippen molar-refractivity contribution in [3.05, 3.63) is 89.2 Å². The normalized spacial score (nSPS) is 11.7. The van der Waals surface area contributed by atoms with Gasteiger partial charge in [-0.2, -0.15) is 0 Å². The highest BCUT2D eigenvalue weighted by molar-refractivity contribution is 8.00. The molecule has 186 valence electrons. The smallest absolute Gasteiger partial charge is 0.237 e. The van der Waals surface area contributed by atoms with Crippen molar-refractivity contribution in [1.29, 1.82) is 0 Å². The molecule has 3 aromatic carbocycles. The van der Waals surface area contributed by atoms with Gasteiger partial charge < -0.3 is 15.4 Å². The van der Waals surface area contributed by atoms with Gasteiger partial charge in [0.15, 0.2) is 11.0 Å². The molecule has 0 radical (unpaired) electrons. The van der Waals surface area contributed by atoms with Gasteiger partial charge in [0.1, 0.15) is 5.75 Å². The first-order chi connectivity index (χ1) is 17.4. The predicted molar refractivity (Wildman–Crippen MR) is 146 cm³/mol. The topological polar surface area (TPSA) is 81.1 Å². The van der Waals surface area contributed by atoms with E-state index in [4.69, 9.17) is 4.74 Å². The Bertz CT molecular complexity index is 1310. The number of hydrogen-bond acceptors (Lipinski definition) is 6. The molecule has 4 aromatic rings. The third-order valence-electron chi connectivity index (χ3n) is 5.91. The first kappa shape index (κ1) is 25.3. The molecule has 1 atom stereocenters. The molecule has 0 unspecified atom stereocenters. The molecule has 36 heavy (non-hydrogen) atoms. The third-order valence-corrected chi connectivity index (χ3v) is 6.96. The van der Waals surface area contributed by atoms with Crippen LogP contribution in [0, 0.1) is 20.8 Å². The maximum Gasteiger partial charge on any atom is 0.237 e. The summed E-state index contributed by atoms with van der Waals surface area (Å²) in [5.74, 6) is 1.48. The summed E-state index contributed by atoms with van der Waals surface area (Å²) in [5, 5.41) is 15.7. The summed E-state index contributed by atoms with van der Waals surface area (Å²) in [5.41, 5.74) is 6.00. The highest BCUT2D eigenvalue weighted by atomic mass is 32.2. The molecule has 8 heteroatoms. The number of amides is 1. The highest BCUT2D eigenvalue weighted by Crippen LogP contribution is 2.28. The molecule has 2 N–H and O–H groups in total. The number of nitrogens with one attached hydrogen (secondary N) is 2. The zero-order chi connectivity index (χ0) is 25.7. The van der Waals surface area contributed by atoms with Crippen molar-refractivity contribution in [1.82, 2.24) is 14.8 Å². The Balaban J connectivity index is 1.56. The number of carbonyl (C=O) groups excluding carboxylic acids is 1. The average molecular weight is 502 g/mol. The van der Waals surface area contributed by atoms with Crippen molar-refractivity contribution in [3.63, 3.8) is 0 Å². The predicted octanol–water partition coefficient (Wildman–Crippen LogP) is 5.93. The number of hydrogen-bond donors (Lipinski definition) is 2. The molecule has 0 bridgehead atoms. The minimum Gasteiger partial charge on any atom is -0.497 e. The maximum absolute atomic E-state index is 13.1. The van der Waals surface area contributed by atoms with Crippen LogP contribution in [0.25, 0.3) is 5.69 Å². The van der Waals surface area contributed by atoms with Gasteiger partial charge in [0, 0.05) is 17.1 Å². The number of nitrogens with zero attached hydrogens (tertiary/aromatic N) is 3. The second kappa shape index (κ2) is 11.3. The van der Waals surface area contributed by atoms with Crippen molar-refractivity contribution < 1.29 is 9.53 Å². The van der Waals surface area contributed by atoms with E-state index in [-0.39, 0.29) is 11.2 Å². The number of aryl methyl sites for hydroxylation is 3. The average Bonchev–Trinajstić information content (AvgIpc) is 3.27. The Morgan fingerprint density at radius 2 is 1.64 bits per heavy atom. The van der Waals surface area contributed by atoms with E-state index in [1.165, 1.54) is 17.3 Å². The number of benzene rings is 3. The van der Waals surface area contributed by atoms with Crippen molar-refractivity contribution in [2.75, 3.05) is 17.7 Å². The van der Waals surface area contributed by atoms with Crippen LogP contribution >= 0.6 is 11.8 Å². The molecule has 0 aliphatic heterocycles. The first-order valence-electron chi connectivity index (χ1n) is 11.8. The van der Waals surface area contributed by atoms with E-state index >= 15 is 0 Å². The lowest BCUT2D eigenvalue weighted by Gasteiger charge is -2.16. The summed E-state index contributed by atoms with van der Waals surface area (Å²) < 4.78 is 7.24. The molecule has 0 aliphatic rings. The fourth-order valence-corrected chi connectivity index (χ4v) is 4.67. The minimum atomic E-state index is -0.375. The minimum absolute atomic E-state index is 0.0752. The van der Waals surface area contributed by atoms with E-state index < -0.39 is 0 Å². The number of para-hydroxylation sites is 1. The number of carbonyl (C=O) groups is 1. The third kappa shape index (κ3) is 5.88. The molecule has 0 fully saturated rings. The van der Waals surface area contributed by atoms with Crippen LogP contribution in [0.2, 0.25) is 0 Å². The van der Waals surface area contributed by atoms with Gasteiger partial charge in [0.05, 0.1) is 18.9 Å². The van der Waals surface area contributed by atoms with Crippen molar-refractivity contribution >= 4 is 29.0 Å². The number of thioether (sulfide) groups is 1. The molecule has 0 saturated heterocycles. The Hall–Kier alpha value is -3.78. The van der Waals surface area contributed by atoms with E-state index in [0.29, 0.717) is 11.7 Å². The standard InChI is InChI=1S/C28H31N5O2S/c1-18-9-13-23(14-10-18)33-25(17-29-22-11-15-24(35-5)16-12-22)31-32-28(33)36-21(4)27(34)30-26-19(2)7-6-8-20(26)3/h6-16,21,29H,17H2,1-5H3,(H,30,34)/t21-/m0/s1. The van der Waals surface area contributed by atoms with E-state index in [1.54, 1.807) is 7.11 Å². The summed E-state index contributed by atoms with van der Waals surface area (Å²) in [6, 6.07) is 21.9. The lowest BCUT2D eigenvalue weighted by Crippen LogP contribution is -2.24. The zero-order valence-corrected chi connectivity index (χ0v) is 22.0. The van der Waals surface area contributed by atoms with Crippen LogP contribution in [0.15, 0.2) is 71.9 Å². The summed E-state index contributed by atoms with van der Waals surface area (Å²) in [6.45, 7) is 8.40.